The molecule has 1 aliphatic heterocycles. The summed E-state index contributed by atoms with van der Waals surface area (Å²) < 4.78 is 10.9. The van der Waals surface area contributed by atoms with Crippen molar-refractivity contribution in [1.82, 2.24) is 0 Å². The number of benzene rings is 1. The molecule has 0 aromatic heterocycles. The van der Waals surface area contributed by atoms with Crippen molar-refractivity contribution < 1.29 is 19.4 Å². The smallest absolute Gasteiger partial charge is 0.231 e. The molecule has 1 aliphatic rings. The van der Waals surface area contributed by atoms with Crippen LogP contribution in [0, 0.1) is 0 Å². The van der Waals surface area contributed by atoms with E-state index in [0.717, 1.165) is 0 Å². The van der Waals surface area contributed by atoms with Crippen LogP contribution in [0.3, 0.4) is 0 Å². The molecule has 0 amide bonds. The van der Waals surface area contributed by atoms with Crippen molar-refractivity contribution in [3.05, 3.63) is 16.1 Å². The molecule has 0 fully saturated rings. The van der Waals surface area contributed by atoms with Gasteiger partial charge in [-0.1, -0.05) is 0 Å². The molecule has 0 saturated heterocycles. The van der Waals surface area contributed by atoms with E-state index in [9.17, 15) is 9.90 Å². The Labute approximate surface area is 94.9 Å². The van der Waals surface area contributed by atoms with E-state index >= 15 is 0 Å². The van der Waals surface area contributed by atoms with Crippen molar-refractivity contribution in [3.8, 4) is 17.2 Å². The van der Waals surface area contributed by atoms with Crippen LogP contribution in [-0.2, 0) is 11.2 Å². The first kappa shape index (κ1) is 10.3. The van der Waals surface area contributed by atoms with E-state index < -0.39 is 0 Å². The minimum Gasteiger partial charge on any atom is -0.506 e. The van der Waals surface area contributed by atoms with Gasteiger partial charge in [-0.2, -0.15) is 0 Å². The molecule has 1 heterocycles. The monoisotopic (exact) mass is 272 g/mol. The molecule has 5 heteroatoms. The molecule has 0 radical (unpaired) electrons. The Morgan fingerprint density at radius 3 is 3.00 bits per heavy atom. The molecule has 0 saturated carbocycles. The average molecular weight is 273 g/mol. The Morgan fingerprint density at radius 1 is 1.60 bits per heavy atom. The van der Waals surface area contributed by atoms with Crippen LogP contribution in [-0.4, -0.2) is 17.7 Å². The van der Waals surface area contributed by atoms with Gasteiger partial charge in [-0.05, 0) is 22.9 Å². The van der Waals surface area contributed by atoms with Crippen molar-refractivity contribution in [2.75, 3.05) is 6.79 Å². The van der Waals surface area contributed by atoms with Crippen LogP contribution in [0.4, 0.5) is 0 Å². The summed E-state index contributed by atoms with van der Waals surface area (Å²) in [6.07, 6.45) is 0.136. The number of Topliss-reactive ketones (excluding diaryl/α,β-unsaturated/α-hetero) is 1. The van der Waals surface area contributed by atoms with E-state index in [2.05, 4.69) is 15.9 Å². The first-order chi connectivity index (χ1) is 7.09. The third-order valence-electron chi connectivity index (χ3n) is 2.11. The second kappa shape index (κ2) is 3.73. The number of carbonyl (C=O) groups excluding carboxylic acids is 1. The normalized spacial score (nSPS) is 12.9. The largest absolute Gasteiger partial charge is 0.506 e. The van der Waals surface area contributed by atoms with E-state index in [1.165, 1.54) is 6.92 Å². The zero-order chi connectivity index (χ0) is 11.0. The lowest BCUT2D eigenvalue weighted by molar-refractivity contribution is -0.116. The van der Waals surface area contributed by atoms with Crippen molar-refractivity contribution in [3.63, 3.8) is 0 Å². The van der Waals surface area contributed by atoms with E-state index in [-0.39, 0.29) is 24.7 Å². The van der Waals surface area contributed by atoms with Gasteiger partial charge in [0.05, 0.1) is 4.47 Å². The van der Waals surface area contributed by atoms with Crippen LogP contribution in [0.25, 0.3) is 0 Å². The third kappa shape index (κ3) is 1.79. The van der Waals surface area contributed by atoms with Crippen molar-refractivity contribution in [2.45, 2.75) is 13.3 Å². The van der Waals surface area contributed by atoms with Crippen LogP contribution in [0.1, 0.15) is 12.5 Å². The highest BCUT2D eigenvalue weighted by atomic mass is 79.9. The van der Waals surface area contributed by atoms with Gasteiger partial charge in [-0.15, -0.1) is 0 Å². The molecule has 4 nitrogen and oxygen atoms in total. The van der Waals surface area contributed by atoms with Gasteiger partial charge in [0.1, 0.15) is 11.5 Å². The molecule has 1 aromatic carbocycles. The SMILES string of the molecule is CC(=O)Cc1c(O)c(Br)cc2c1OCO2. The Morgan fingerprint density at radius 2 is 2.33 bits per heavy atom. The van der Waals surface area contributed by atoms with Gasteiger partial charge in [-0.3, -0.25) is 4.79 Å². The first-order valence-electron chi connectivity index (χ1n) is 4.39. The number of rotatable bonds is 2. The summed E-state index contributed by atoms with van der Waals surface area (Å²) in [5.41, 5.74) is 0.476. The number of halogens is 1. The average Bonchev–Trinajstić information content (AvgIpc) is 2.59. The molecule has 0 spiro atoms. The molecule has 0 atom stereocenters. The second-order valence-electron chi connectivity index (χ2n) is 3.30. The molecule has 0 aliphatic carbocycles. The quantitative estimate of drug-likeness (QED) is 0.895. The summed E-state index contributed by atoms with van der Waals surface area (Å²) >= 11 is 3.19. The predicted molar refractivity (Wildman–Crippen MR) is 56.3 cm³/mol. The number of phenols is 1. The Bertz CT molecular complexity index is 428. The van der Waals surface area contributed by atoms with Gasteiger partial charge in [-0.25, -0.2) is 0 Å². The van der Waals surface area contributed by atoms with Crippen LogP contribution in [0.5, 0.6) is 17.2 Å². The molecule has 15 heavy (non-hydrogen) atoms. The highest BCUT2D eigenvalue weighted by molar-refractivity contribution is 9.10. The summed E-state index contributed by atoms with van der Waals surface area (Å²) in [7, 11) is 0. The molecule has 1 aromatic rings. The number of hydrogen-bond acceptors (Lipinski definition) is 4. The summed E-state index contributed by atoms with van der Waals surface area (Å²) in [4.78, 5) is 11.1. The zero-order valence-corrected chi connectivity index (χ0v) is 9.63. The minimum atomic E-state index is -0.0406. The van der Waals surface area contributed by atoms with Gasteiger partial charge in [0.2, 0.25) is 6.79 Å². The van der Waals surface area contributed by atoms with Crippen molar-refractivity contribution in [2.24, 2.45) is 0 Å². The maximum Gasteiger partial charge on any atom is 0.231 e. The van der Waals surface area contributed by atoms with Crippen molar-refractivity contribution in [1.29, 1.82) is 0 Å². The van der Waals surface area contributed by atoms with E-state index in [1.54, 1.807) is 6.07 Å². The van der Waals surface area contributed by atoms with Crippen molar-refractivity contribution >= 4 is 21.7 Å². The van der Waals surface area contributed by atoms with Crippen LogP contribution in [0.2, 0.25) is 0 Å². The third-order valence-corrected chi connectivity index (χ3v) is 2.72. The van der Waals surface area contributed by atoms with Gasteiger partial charge >= 0.3 is 0 Å². The van der Waals surface area contributed by atoms with Gasteiger partial charge in [0, 0.05) is 18.1 Å². The number of ketones is 1. The highest BCUT2D eigenvalue weighted by Crippen LogP contribution is 2.45. The fourth-order valence-electron chi connectivity index (χ4n) is 1.48. The maximum absolute atomic E-state index is 11.1. The second-order valence-corrected chi connectivity index (χ2v) is 4.15. The molecule has 2 rings (SSSR count). The summed E-state index contributed by atoms with van der Waals surface area (Å²) in [5.74, 6) is 1.01. The first-order valence-corrected chi connectivity index (χ1v) is 5.18. The van der Waals surface area contributed by atoms with Crippen LogP contribution in [0.15, 0.2) is 10.5 Å². The number of fused-ring (bicyclic) bond motifs is 1. The van der Waals surface area contributed by atoms with Crippen LogP contribution < -0.4 is 9.47 Å². The number of aromatic hydroxyl groups is 1. The number of hydrogen-bond donors (Lipinski definition) is 1. The van der Waals surface area contributed by atoms with E-state index in [0.29, 0.717) is 21.5 Å². The molecule has 0 unspecified atom stereocenters. The van der Waals surface area contributed by atoms with E-state index in [4.69, 9.17) is 9.47 Å². The molecule has 0 bridgehead atoms. The fourth-order valence-corrected chi connectivity index (χ4v) is 1.93. The fraction of sp³-hybridized carbons (Fsp3) is 0.300. The number of phenolic OH excluding ortho intramolecular Hbond substituents is 1. The van der Waals surface area contributed by atoms with E-state index in [1.807, 2.05) is 0 Å². The minimum absolute atomic E-state index is 0.0365. The lowest BCUT2D eigenvalue weighted by Gasteiger charge is -2.08. The van der Waals surface area contributed by atoms with Gasteiger partial charge in [0.15, 0.2) is 11.5 Å². The summed E-state index contributed by atoms with van der Waals surface area (Å²) in [6, 6.07) is 1.63. The molecule has 1 N–H and O–H groups in total. The number of ether oxygens (including phenoxy) is 2. The standard InChI is InChI=1S/C10H9BrO4/c1-5(12)2-6-9(13)7(11)3-8-10(6)15-4-14-8/h3,13H,2,4H2,1H3. The zero-order valence-electron chi connectivity index (χ0n) is 8.04. The van der Waals surface area contributed by atoms with Gasteiger partial charge in [0.25, 0.3) is 0 Å². The molecule has 80 valence electrons. The molecular formula is C10H9BrO4. The number of carbonyl (C=O) groups is 1. The maximum atomic E-state index is 11.1. The Hall–Kier alpha value is -1.23. The Balaban J connectivity index is 2.55. The Kier molecular flexibility index (Phi) is 2.56. The highest BCUT2D eigenvalue weighted by Gasteiger charge is 2.24. The van der Waals surface area contributed by atoms with Gasteiger partial charge < -0.3 is 14.6 Å². The lowest BCUT2D eigenvalue weighted by atomic mass is 10.1. The topological polar surface area (TPSA) is 55.8 Å². The predicted octanol–water partition coefficient (Wildman–Crippen LogP) is 2.01. The summed E-state index contributed by atoms with van der Waals surface area (Å²) in [6.45, 7) is 1.58. The molecular weight excluding hydrogens is 264 g/mol. The summed E-state index contributed by atoms with van der Waals surface area (Å²) in [5, 5.41) is 9.78. The lowest BCUT2D eigenvalue weighted by Crippen LogP contribution is -1.99. The van der Waals surface area contributed by atoms with Crippen LogP contribution >= 0.6 is 15.9 Å².